The molecule has 1 N–H and O–H groups in total. The van der Waals surface area contributed by atoms with E-state index in [-0.39, 0.29) is 32.8 Å². The van der Waals surface area contributed by atoms with Crippen LogP contribution in [0.2, 0.25) is 0 Å². The van der Waals surface area contributed by atoms with Crippen molar-refractivity contribution in [3.05, 3.63) is 30.1 Å². The van der Waals surface area contributed by atoms with Crippen LogP contribution in [0.4, 0.5) is 0 Å². The van der Waals surface area contributed by atoms with Gasteiger partial charge in [0, 0.05) is 18.8 Å². The Hall–Kier alpha value is -1.01. The van der Waals surface area contributed by atoms with Gasteiger partial charge in [-0.3, -0.25) is 14.1 Å². The zero-order valence-corrected chi connectivity index (χ0v) is 18.0. The molecule has 0 aromatic carbocycles. The molecule has 8 nitrogen and oxygen atoms in total. The molecule has 0 atom stereocenters. The average Bonchev–Trinajstić information content (AvgIpc) is 3.03. The Balaban J connectivity index is 2.54. The number of nitrogens with one attached hydrogen (secondary N) is 1. The molecule has 0 amide bonds. The summed E-state index contributed by atoms with van der Waals surface area (Å²) >= 11 is 0. The minimum Gasteiger partial charge on any atom is -0.360 e. The van der Waals surface area contributed by atoms with E-state index in [0.29, 0.717) is 5.52 Å². The highest BCUT2D eigenvalue weighted by atomic mass is 31.2. The SMILES string of the molecule is CCOP(=O)(OCC)C(Cc1c[nH]c2cccnc12)P(=O)(OCC)OCC. The lowest BCUT2D eigenvalue weighted by Crippen LogP contribution is -2.20. The molecule has 27 heavy (non-hydrogen) atoms. The van der Waals surface area contributed by atoms with Crippen LogP contribution in [-0.2, 0) is 33.6 Å². The lowest BCUT2D eigenvalue weighted by molar-refractivity contribution is 0.195. The lowest BCUT2D eigenvalue weighted by atomic mass is 10.2. The first-order valence-corrected chi connectivity index (χ1v) is 12.3. The molecule has 0 saturated carbocycles. The van der Waals surface area contributed by atoms with Gasteiger partial charge in [0.15, 0.2) is 5.40 Å². The molecule has 2 aromatic heterocycles. The number of hydrogen-bond acceptors (Lipinski definition) is 7. The first kappa shape index (κ1) is 22.3. The van der Waals surface area contributed by atoms with Crippen molar-refractivity contribution in [3.8, 4) is 0 Å². The van der Waals surface area contributed by atoms with Crippen LogP contribution in [-0.4, -0.2) is 41.8 Å². The number of nitrogens with zero attached hydrogens (tertiary/aromatic N) is 1. The second kappa shape index (κ2) is 9.97. The van der Waals surface area contributed by atoms with Gasteiger partial charge >= 0.3 is 15.2 Å². The lowest BCUT2D eigenvalue weighted by Gasteiger charge is -2.31. The molecule has 0 aliphatic heterocycles. The summed E-state index contributed by atoms with van der Waals surface area (Å²) < 4.78 is 49.1. The van der Waals surface area contributed by atoms with Crippen molar-refractivity contribution >= 4 is 26.2 Å². The number of H-pyrrole nitrogens is 1. The Labute approximate surface area is 160 Å². The van der Waals surface area contributed by atoms with Gasteiger partial charge in [-0.2, -0.15) is 0 Å². The number of rotatable bonds is 12. The maximum absolute atomic E-state index is 13.6. The van der Waals surface area contributed by atoms with Crippen molar-refractivity contribution < 1.29 is 27.2 Å². The van der Waals surface area contributed by atoms with Gasteiger partial charge in [-0.1, -0.05) is 0 Å². The summed E-state index contributed by atoms with van der Waals surface area (Å²) in [4.78, 5) is 7.49. The highest BCUT2D eigenvalue weighted by Crippen LogP contribution is 2.71. The summed E-state index contributed by atoms with van der Waals surface area (Å²) in [6.45, 7) is 7.45. The molecular formula is C17H28N2O6P2. The predicted octanol–water partition coefficient (Wildman–Crippen LogP) is 4.96. The fourth-order valence-corrected chi connectivity index (χ4v) is 8.20. The van der Waals surface area contributed by atoms with Gasteiger partial charge in [-0.15, -0.1) is 0 Å². The van der Waals surface area contributed by atoms with Gasteiger partial charge in [-0.25, -0.2) is 0 Å². The quantitative estimate of drug-likeness (QED) is 0.486. The van der Waals surface area contributed by atoms with Crippen LogP contribution in [0.15, 0.2) is 24.5 Å². The number of fused-ring (bicyclic) bond motifs is 1. The first-order valence-electron chi connectivity index (χ1n) is 9.12. The van der Waals surface area contributed by atoms with E-state index >= 15 is 0 Å². The summed E-state index contributed by atoms with van der Waals surface area (Å²) in [6.07, 6.45) is 3.55. The molecule has 2 heterocycles. The van der Waals surface area contributed by atoms with Gasteiger partial charge in [-0.05, 0) is 45.4 Å². The van der Waals surface area contributed by atoms with Gasteiger partial charge < -0.3 is 23.1 Å². The van der Waals surface area contributed by atoms with Crippen molar-refractivity contribution in [2.24, 2.45) is 0 Å². The number of aromatic nitrogens is 2. The topological polar surface area (TPSA) is 99.7 Å². The summed E-state index contributed by atoms with van der Waals surface area (Å²) in [7, 11) is -7.57. The van der Waals surface area contributed by atoms with Crippen LogP contribution in [0.3, 0.4) is 0 Å². The Morgan fingerprint density at radius 2 is 1.48 bits per heavy atom. The Kier molecular flexibility index (Phi) is 8.22. The van der Waals surface area contributed by atoms with E-state index in [9.17, 15) is 9.13 Å². The van der Waals surface area contributed by atoms with Crippen LogP contribution in [0.25, 0.3) is 11.0 Å². The zero-order chi connectivity index (χ0) is 19.9. The maximum atomic E-state index is 13.6. The van der Waals surface area contributed by atoms with Crippen LogP contribution in [0, 0.1) is 0 Å². The molecule has 0 bridgehead atoms. The molecule has 0 radical (unpaired) electrons. The summed E-state index contributed by atoms with van der Waals surface area (Å²) in [6, 6.07) is 3.70. The monoisotopic (exact) mass is 418 g/mol. The van der Waals surface area contributed by atoms with Crippen molar-refractivity contribution in [1.29, 1.82) is 0 Å². The van der Waals surface area contributed by atoms with E-state index in [1.807, 2.05) is 12.1 Å². The van der Waals surface area contributed by atoms with Crippen molar-refractivity contribution in [2.45, 2.75) is 39.5 Å². The van der Waals surface area contributed by atoms with Crippen molar-refractivity contribution in [3.63, 3.8) is 0 Å². The summed E-state index contributed by atoms with van der Waals surface area (Å²) in [5.41, 5.74) is 2.29. The van der Waals surface area contributed by atoms with Crippen LogP contribution in [0.5, 0.6) is 0 Å². The van der Waals surface area contributed by atoms with Gasteiger partial charge in [0.2, 0.25) is 0 Å². The third kappa shape index (κ3) is 5.08. The van der Waals surface area contributed by atoms with Crippen LogP contribution < -0.4 is 0 Å². The largest absolute Gasteiger partial charge is 0.360 e. The molecule has 0 aliphatic rings. The second-order valence-corrected chi connectivity index (χ2v) is 10.5. The molecule has 2 rings (SSSR count). The van der Waals surface area contributed by atoms with E-state index in [0.717, 1.165) is 11.1 Å². The molecule has 0 aliphatic carbocycles. The van der Waals surface area contributed by atoms with Gasteiger partial charge in [0.05, 0.1) is 37.5 Å². The van der Waals surface area contributed by atoms with Crippen molar-refractivity contribution in [1.82, 2.24) is 9.97 Å². The molecule has 0 unspecified atom stereocenters. The van der Waals surface area contributed by atoms with Crippen LogP contribution >= 0.6 is 15.2 Å². The fourth-order valence-electron chi connectivity index (χ4n) is 2.90. The van der Waals surface area contributed by atoms with E-state index in [2.05, 4.69) is 9.97 Å². The third-order valence-corrected chi connectivity index (χ3v) is 9.88. The van der Waals surface area contributed by atoms with Crippen molar-refractivity contribution in [2.75, 3.05) is 26.4 Å². The fraction of sp³-hybridized carbons (Fsp3) is 0.588. The Morgan fingerprint density at radius 1 is 0.963 bits per heavy atom. The number of hydrogen-bond donors (Lipinski definition) is 1. The number of aromatic amines is 1. The van der Waals surface area contributed by atoms with E-state index < -0.39 is 20.6 Å². The van der Waals surface area contributed by atoms with E-state index in [1.165, 1.54) is 0 Å². The highest BCUT2D eigenvalue weighted by Gasteiger charge is 2.51. The highest BCUT2D eigenvalue weighted by molar-refractivity contribution is 7.72. The summed E-state index contributed by atoms with van der Waals surface area (Å²) in [5.74, 6) is 0. The minimum atomic E-state index is -3.78. The Bertz CT molecular complexity index is 775. The molecule has 0 saturated heterocycles. The van der Waals surface area contributed by atoms with Gasteiger partial charge in [0.25, 0.3) is 0 Å². The molecule has 152 valence electrons. The molecule has 0 spiro atoms. The van der Waals surface area contributed by atoms with E-state index in [1.54, 1.807) is 40.1 Å². The molecular weight excluding hydrogens is 390 g/mol. The summed E-state index contributed by atoms with van der Waals surface area (Å²) in [5, 5.41) is -1.09. The first-order chi connectivity index (χ1) is 12.9. The van der Waals surface area contributed by atoms with Gasteiger partial charge in [0.1, 0.15) is 0 Å². The predicted molar refractivity (Wildman–Crippen MR) is 105 cm³/mol. The smallest absolute Gasteiger partial charge is 0.346 e. The standard InChI is InChI=1S/C17H28N2O6P2/c1-5-22-26(20,23-6-2)16(27(21,24-7-3)25-8-4)12-14-13-19-15-10-9-11-18-17(14)15/h9-11,13,16,19H,5-8,12H2,1-4H3. The maximum Gasteiger partial charge on any atom is 0.346 e. The Morgan fingerprint density at radius 3 is 1.96 bits per heavy atom. The number of pyridine rings is 1. The van der Waals surface area contributed by atoms with Crippen LogP contribution in [0.1, 0.15) is 33.3 Å². The normalized spacial score (nSPS) is 12.9. The minimum absolute atomic E-state index is 0.117. The average molecular weight is 418 g/mol. The zero-order valence-electron chi connectivity index (χ0n) is 16.2. The van der Waals surface area contributed by atoms with E-state index in [4.69, 9.17) is 18.1 Å². The third-order valence-electron chi connectivity index (χ3n) is 3.88. The second-order valence-electron chi connectivity index (χ2n) is 5.65. The molecule has 2 aromatic rings. The molecule has 10 heteroatoms. The molecule has 0 fully saturated rings.